The summed E-state index contributed by atoms with van der Waals surface area (Å²) in [7, 11) is 0. The fourth-order valence-corrected chi connectivity index (χ4v) is 5.05. The number of rotatable bonds is 10. The Kier molecular flexibility index (Phi) is 8.22. The van der Waals surface area contributed by atoms with Crippen molar-refractivity contribution in [2.24, 2.45) is 0 Å². The lowest BCUT2D eigenvalue weighted by atomic mass is 10.1. The summed E-state index contributed by atoms with van der Waals surface area (Å²) in [5.41, 5.74) is -0.972. The number of aliphatic hydroxyl groups is 3. The molecule has 1 saturated heterocycles. The van der Waals surface area contributed by atoms with Crippen LogP contribution in [0.1, 0.15) is 6.23 Å². The SMILES string of the molecule is O=C(COc1ccccc1)Nc1nc(Sc2ccc([N+](=O)[O-])cc2[N+](=O)[O-])c2ncn([C@@H]3O[C@H](CO)[C@@H](O)[C@H]3O)c2n1. The Morgan fingerprint density at radius 1 is 1.10 bits per heavy atom. The summed E-state index contributed by atoms with van der Waals surface area (Å²) < 4.78 is 12.3. The van der Waals surface area contributed by atoms with Crippen molar-refractivity contribution in [2.45, 2.75) is 34.5 Å². The maximum absolute atomic E-state index is 12.7. The van der Waals surface area contributed by atoms with Crippen LogP contribution in [0.2, 0.25) is 0 Å². The summed E-state index contributed by atoms with van der Waals surface area (Å²) in [5, 5.41) is 55.6. The zero-order valence-electron chi connectivity index (χ0n) is 21.2. The summed E-state index contributed by atoms with van der Waals surface area (Å²) in [5.74, 6) is -0.465. The highest BCUT2D eigenvalue weighted by molar-refractivity contribution is 7.99. The molecule has 218 valence electrons. The van der Waals surface area contributed by atoms with Gasteiger partial charge in [-0.25, -0.2) is 9.97 Å². The lowest BCUT2D eigenvalue weighted by molar-refractivity contribution is -0.396. The van der Waals surface area contributed by atoms with Crippen LogP contribution in [0.5, 0.6) is 5.75 Å². The lowest BCUT2D eigenvalue weighted by Crippen LogP contribution is -2.33. The van der Waals surface area contributed by atoms with E-state index >= 15 is 0 Å². The maximum Gasteiger partial charge on any atom is 0.290 e. The zero-order valence-corrected chi connectivity index (χ0v) is 22.0. The molecule has 0 unspecified atom stereocenters. The fourth-order valence-electron chi connectivity index (χ4n) is 4.09. The van der Waals surface area contributed by atoms with Crippen molar-refractivity contribution >= 4 is 46.2 Å². The summed E-state index contributed by atoms with van der Waals surface area (Å²) in [4.78, 5) is 46.8. The number of hydrogen-bond acceptors (Lipinski definition) is 14. The Balaban J connectivity index is 1.53. The molecule has 1 aliphatic heterocycles. The number of benzene rings is 2. The summed E-state index contributed by atoms with van der Waals surface area (Å²) >= 11 is 0.740. The smallest absolute Gasteiger partial charge is 0.290 e. The Labute approximate surface area is 239 Å². The molecule has 0 aliphatic carbocycles. The molecule has 1 fully saturated rings. The van der Waals surface area contributed by atoms with Gasteiger partial charge in [0.2, 0.25) is 5.95 Å². The first-order valence-corrected chi connectivity index (χ1v) is 12.9. The van der Waals surface area contributed by atoms with Crippen molar-refractivity contribution in [3.63, 3.8) is 0 Å². The minimum absolute atomic E-state index is 0.00572. The second-order valence-corrected chi connectivity index (χ2v) is 9.85. The average molecular weight is 600 g/mol. The number of nitro groups is 2. The van der Waals surface area contributed by atoms with Crippen LogP contribution in [0.25, 0.3) is 11.2 Å². The summed E-state index contributed by atoms with van der Waals surface area (Å²) in [6, 6.07) is 11.6. The highest BCUT2D eigenvalue weighted by atomic mass is 32.2. The first-order chi connectivity index (χ1) is 20.2. The Hall–Kier alpha value is -4.75. The van der Waals surface area contributed by atoms with Crippen LogP contribution in [0.3, 0.4) is 0 Å². The van der Waals surface area contributed by atoms with Gasteiger partial charge >= 0.3 is 0 Å². The van der Waals surface area contributed by atoms with Gasteiger partial charge in [-0.05, 0) is 18.2 Å². The van der Waals surface area contributed by atoms with Gasteiger partial charge in [0.1, 0.15) is 34.6 Å². The largest absolute Gasteiger partial charge is 0.484 e. The zero-order chi connectivity index (χ0) is 30.0. The molecule has 18 heteroatoms. The van der Waals surface area contributed by atoms with Gasteiger partial charge < -0.3 is 24.8 Å². The highest BCUT2D eigenvalue weighted by Crippen LogP contribution is 2.40. The molecule has 2 aromatic carbocycles. The van der Waals surface area contributed by atoms with Crippen molar-refractivity contribution < 1.29 is 39.4 Å². The van der Waals surface area contributed by atoms with Crippen molar-refractivity contribution in [3.8, 4) is 5.75 Å². The highest BCUT2D eigenvalue weighted by Gasteiger charge is 2.44. The van der Waals surface area contributed by atoms with Gasteiger partial charge in [-0.3, -0.25) is 34.9 Å². The molecule has 0 radical (unpaired) electrons. The maximum atomic E-state index is 12.7. The summed E-state index contributed by atoms with van der Waals surface area (Å²) in [6.07, 6.45) is -4.04. The molecule has 0 bridgehead atoms. The molecule has 4 atom stereocenters. The number of nitrogens with zero attached hydrogens (tertiary/aromatic N) is 6. The third-order valence-electron chi connectivity index (χ3n) is 6.10. The number of ether oxygens (including phenoxy) is 2. The monoisotopic (exact) mass is 599 g/mol. The molecule has 42 heavy (non-hydrogen) atoms. The second-order valence-electron chi connectivity index (χ2n) is 8.82. The van der Waals surface area contributed by atoms with Gasteiger partial charge in [-0.2, -0.15) is 4.98 Å². The fraction of sp³-hybridized carbons (Fsp3) is 0.250. The van der Waals surface area contributed by atoms with E-state index in [4.69, 9.17) is 9.47 Å². The van der Waals surface area contributed by atoms with Gasteiger partial charge in [-0.15, -0.1) is 0 Å². The number of imidazole rings is 1. The van der Waals surface area contributed by atoms with Crippen LogP contribution in [-0.2, 0) is 9.53 Å². The first kappa shape index (κ1) is 28.8. The number of anilines is 1. The van der Waals surface area contributed by atoms with Gasteiger partial charge in [0.05, 0.1) is 33.7 Å². The number of amides is 1. The van der Waals surface area contributed by atoms with Gasteiger partial charge in [0, 0.05) is 6.07 Å². The minimum Gasteiger partial charge on any atom is -0.484 e. The topological polar surface area (TPSA) is 238 Å². The molecule has 0 spiro atoms. The molecular formula is C24H21N7O10S. The Morgan fingerprint density at radius 3 is 2.52 bits per heavy atom. The number of nitro benzene ring substituents is 2. The predicted molar refractivity (Wildman–Crippen MR) is 143 cm³/mol. The van der Waals surface area contributed by atoms with E-state index in [1.807, 2.05) is 0 Å². The number of aromatic nitrogens is 4. The molecule has 17 nitrogen and oxygen atoms in total. The van der Waals surface area contributed by atoms with Gasteiger partial charge in [-0.1, -0.05) is 30.0 Å². The van der Waals surface area contributed by atoms with E-state index in [2.05, 4.69) is 20.3 Å². The van der Waals surface area contributed by atoms with Crippen LogP contribution >= 0.6 is 11.8 Å². The van der Waals surface area contributed by atoms with Crippen molar-refractivity contribution in [2.75, 3.05) is 18.5 Å². The van der Waals surface area contributed by atoms with Crippen molar-refractivity contribution in [3.05, 3.63) is 75.1 Å². The minimum atomic E-state index is -1.49. The molecule has 1 aliphatic rings. The molecule has 4 N–H and O–H groups in total. The van der Waals surface area contributed by atoms with Gasteiger partial charge in [0.15, 0.2) is 18.5 Å². The lowest BCUT2D eigenvalue weighted by Gasteiger charge is -2.17. The van der Waals surface area contributed by atoms with E-state index in [0.717, 1.165) is 23.9 Å². The molecule has 2 aromatic heterocycles. The van der Waals surface area contributed by atoms with E-state index in [9.17, 15) is 40.3 Å². The molecule has 4 aromatic rings. The number of nitrogens with one attached hydrogen (secondary N) is 1. The number of non-ortho nitro benzene ring substituents is 1. The van der Waals surface area contributed by atoms with E-state index in [1.165, 1.54) is 17.0 Å². The number of para-hydroxylation sites is 1. The first-order valence-electron chi connectivity index (χ1n) is 12.1. The third kappa shape index (κ3) is 5.83. The Morgan fingerprint density at radius 2 is 1.86 bits per heavy atom. The number of fused-ring (bicyclic) bond motifs is 1. The van der Waals surface area contributed by atoms with E-state index < -0.39 is 64.9 Å². The van der Waals surface area contributed by atoms with E-state index in [0.29, 0.717) is 5.75 Å². The molecular weight excluding hydrogens is 578 g/mol. The van der Waals surface area contributed by atoms with E-state index in [-0.39, 0.29) is 27.0 Å². The molecule has 0 saturated carbocycles. The van der Waals surface area contributed by atoms with Crippen LogP contribution in [0.4, 0.5) is 17.3 Å². The van der Waals surface area contributed by atoms with Crippen molar-refractivity contribution in [1.29, 1.82) is 0 Å². The standard InChI is InChI=1S/C24H21N7O10S/c32-9-15-19(34)20(35)23(41-15)29-11-25-18-21(29)27-24(26-17(33)10-40-13-4-2-1-3-5-13)28-22(18)42-16-7-6-12(30(36)37)8-14(16)31(38)39/h1-8,11,15,19-20,23,32,34-35H,9-10H2,(H,26,27,28,33)/t15-,19-,20-,23-/m1/s1. The molecule has 5 rings (SSSR count). The molecule has 1 amide bonds. The Bertz CT molecular complexity index is 1650. The number of carbonyl (C=O) groups excluding carboxylic acids is 1. The summed E-state index contributed by atoms with van der Waals surface area (Å²) in [6.45, 7) is -0.986. The van der Waals surface area contributed by atoms with Crippen LogP contribution < -0.4 is 10.1 Å². The average Bonchev–Trinajstić information content (AvgIpc) is 3.52. The third-order valence-corrected chi connectivity index (χ3v) is 7.14. The number of carbonyl (C=O) groups is 1. The van der Waals surface area contributed by atoms with Gasteiger partial charge in [0.25, 0.3) is 17.3 Å². The second kappa shape index (κ2) is 12.0. The van der Waals surface area contributed by atoms with Crippen molar-refractivity contribution in [1.82, 2.24) is 19.5 Å². The van der Waals surface area contributed by atoms with Crippen LogP contribution in [0.15, 0.2) is 64.8 Å². The predicted octanol–water partition coefficient (Wildman–Crippen LogP) is 1.42. The number of aliphatic hydroxyl groups excluding tert-OH is 3. The normalized spacial score (nSPS) is 20.0. The number of hydrogen-bond donors (Lipinski definition) is 4. The molecule has 3 heterocycles. The van der Waals surface area contributed by atoms with E-state index in [1.54, 1.807) is 30.3 Å². The quantitative estimate of drug-likeness (QED) is 0.115. The van der Waals surface area contributed by atoms with Crippen LogP contribution in [0, 0.1) is 20.2 Å². The van der Waals surface area contributed by atoms with Crippen LogP contribution in [-0.4, -0.2) is 82.1 Å².